The first kappa shape index (κ1) is 33.5. The van der Waals surface area contributed by atoms with Crippen LogP contribution >= 0.6 is 0 Å². The lowest BCUT2D eigenvalue weighted by Gasteiger charge is -2.37. The predicted molar refractivity (Wildman–Crippen MR) is 181 cm³/mol. The van der Waals surface area contributed by atoms with E-state index < -0.39 is 5.41 Å². The van der Waals surface area contributed by atoms with Gasteiger partial charge in [-0.25, -0.2) is 0 Å². The number of fused-ring (bicyclic) bond motifs is 1. The number of hydrogen-bond donors (Lipinski definition) is 1. The highest BCUT2D eigenvalue weighted by molar-refractivity contribution is 6.21. The molecule has 8 heteroatoms. The number of ether oxygens (including phenoxy) is 1. The summed E-state index contributed by atoms with van der Waals surface area (Å²) in [7, 11) is 2.08. The van der Waals surface area contributed by atoms with Gasteiger partial charge in [-0.15, -0.1) is 0 Å². The minimum atomic E-state index is -0.840. The van der Waals surface area contributed by atoms with Crippen LogP contribution in [0.2, 0.25) is 0 Å². The van der Waals surface area contributed by atoms with Crippen molar-refractivity contribution in [2.45, 2.75) is 43.9 Å². The molecule has 244 valence electrons. The lowest BCUT2D eigenvalue weighted by atomic mass is 9.64. The van der Waals surface area contributed by atoms with Crippen LogP contribution in [0.4, 0.5) is 0 Å². The molecule has 0 aromatic heterocycles. The first-order chi connectivity index (χ1) is 22.4. The molecule has 2 aliphatic heterocycles. The van der Waals surface area contributed by atoms with Crippen molar-refractivity contribution in [3.63, 3.8) is 0 Å². The Morgan fingerprint density at radius 1 is 0.783 bits per heavy atom. The Labute approximate surface area is 273 Å². The highest BCUT2D eigenvalue weighted by atomic mass is 16.5. The average molecular weight is 625 g/mol. The predicted octanol–water partition coefficient (Wildman–Crippen LogP) is 4.98. The molecule has 0 saturated carbocycles. The minimum absolute atomic E-state index is 0.117. The molecule has 2 heterocycles. The van der Waals surface area contributed by atoms with Crippen molar-refractivity contribution in [3.8, 4) is 0 Å². The van der Waals surface area contributed by atoms with Gasteiger partial charge in [0.05, 0.1) is 11.1 Å². The van der Waals surface area contributed by atoms with Crippen LogP contribution in [0.1, 0.15) is 70.4 Å². The highest BCUT2D eigenvalue weighted by Crippen LogP contribution is 2.43. The number of carbonyl (C=O) groups excluding carboxylic acids is 3. The van der Waals surface area contributed by atoms with Crippen LogP contribution in [0.25, 0.3) is 0 Å². The first-order valence-corrected chi connectivity index (χ1v) is 16.8. The Kier molecular flexibility index (Phi) is 11.7. The van der Waals surface area contributed by atoms with Crippen LogP contribution in [0.15, 0.2) is 84.9 Å². The van der Waals surface area contributed by atoms with Gasteiger partial charge in [-0.3, -0.25) is 19.3 Å². The Balaban J connectivity index is 0.947. The highest BCUT2D eigenvalue weighted by Gasteiger charge is 2.49. The maximum absolute atomic E-state index is 13.3. The van der Waals surface area contributed by atoms with Crippen molar-refractivity contribution < 1.29 is 19.1 Å². The zero-order valence-corrected chi connectivity index (χ0v) is 27.1. The van der Waals surface area contributed by atoms with Gasteiger partial charge in [0, 0.05) is 26.3 Å². The van der Waals surface area contributed by atoms with Gasteiger partial charge in [-0.2, -0.15) is 0 Å². The van der Waals surface area contributed by atoms with Gasteiger partial charge in [-0.1, -0.05) is 72.8 Å². The molecule has 0 spiro atoms. The lowest BCUT2D eigenvalue weighted by molar-refractivity contribution is -0.123. The van der Waals surface area contributed by atoms with Gasteiger partial charge < -0.3 is 20.3 Å². The average Bonchev–Trinajstić information content (AvgIpc) is 3.64. The number of amides is 3. The van der Waals surface area contributed by atoms with Gasteiger partial charge in [-0.05, 0) is 101 Å². The van der Waals surface area contributed by atoms with Crippen molar-refractivity contribution in [2.75, 3.05) is 59.5 Å². The molecular formula is C38H48N4O4. The van der Waals surface area contributed by atoms with E-state index in [1.165, 1.54) is 4.90 Å². The van der Waals surface area contributed by atoms with E-state index in [9.17, 15) is 14.4 Å². The Bertz CT molecular complexity index is 1370. The molecular weight excluding hydrogens is 576 g/mol. The van der Waals surface area contributed by atoms with Crippen LogP contribution in [-0.4, -0.2) is 92.0 Å². The molecule has 1 unspecified atom stereocenters. The molecule has 46 heavy (non-hydrogen) atoms. The van der Waals surface area contributed by atoms with Crippen molar-refractivity contribution >= 4 is 17.7 Å². The van der Waals surface area contributed by atoms with Crippen molar-refractivity contribution in [3.05, 3.63) is 107 Å². The summed E-state index contributed by atoms with van der Waals surface area (Å²) in [5.41, 5.74) is 8.37. The standard InChI is InChI=1S/C38H48N4O4/c1-40(23-14-25-42-35(43)33-19-8-9-20-34(33)36(42)44)22-10-12-27-46-28-13-11-24-41-26-21-32(29-41)38(37(39)45,30-15-4-2-5-16-30)31-17-6-3-7-18-31/h2-9,15-20,32H,10-14,21-29H2,1H3,(H2,39,45). The third-order valence-corrected chi connectivity index (χ3v) is 9.62. The van der Waals surface area contributed by atoms with Gasteiger partial charge in [0.1, 0.15) is 5.41 Å². The number of rotatable bonds is 18. The molecule has 8 nitrogen and oxygen atoms in total. The van der Waals surface area contributed by atoms with Crippen molar-refractivity contribution in [2.24, 2.45) is 11.7 Å². The molecule has 1 fully saturated rings. The van der Waals surface area contributed by atoms with Crippen LogP contribution in [0.3, 0.4) is 0 Å². The summed E-state index contributed by atoms with van der Waals surface area (Å²) in [4.78, 5) is 44.4. The van der Waals surface area contributed by atoms with Crippen molar-refractivity contribution in [1.29, 1.82) is 0 Å². The molecule has 0 bridgehead atoms. The summed E-state index contributed by atoms with van der Waals surface area (Å²) < 4.78 is 5.93. The van der Waals surface area contributed by atoms with E-state index in [0.717, 1.165) is 95.6 Å². The maximum Gasteiger partial charge on any atom is 0.261 e. The second kappa shape index (κ2) is 16.1. The minimum Gasteiger partial charge on any atom is -0.381 e. The SMILES string of the molecule is CN(CCCCOCCCCN1CCC(C(C(N)=O)(c2ccccc2)c2ccccc2)C1)CCCN1C(=O)c2ccccc2C1=O. The van der Waals surface area contributed by atoms with Crippen LogP contribution in [0, 0.1) is 5.92 Å². The van der Waals surface area contributed by atoms with Gasteiger partial charge in [0.25, 0.3) is 11.8 Å². The molecule has 3 amide bonds. The summed E-state index contributed by atoms with van der Waals surface area (Å²) in [6.45, 7) is 6.55. The monoisotopic (exact) mass is 624 g/mol. The second-order valence-corrected chi connectivity index (χ2v) is 12.7. The van der Waals surface area contributed by atoms with E-state index in [1.807, 2.05) is 60.7 Å². The molecule has 3 aromatic carbocycles. The Morgan fingerprint density at radius 3 is 1.91 bits per heavy atom. The van der Waals surface area contributed by atoms with E-state index in [0.29, 0.717) is 17.7 Å². The number of nitrogens with two attached hydrogens (primary N) is 1. The number of likely N-dealkylation sites (tertiary alicyclic amines) is 1. The number of carbonyl (C=O) groups is 3. The smallest absolute Gasteiger partial charge is 0.261 e. The number of unbranched alkanes of at least 4 members (excludes halogenated alkanes) is 2. The number of hydrogen-bond acceptors (Lipinski definition) is 6. The van der Waals surface area contributed by atoms with Crippen molar-refractivity contribution in [1.82, 2.24) is 14.7 Å². The molecule has 0 aliphatic carbocycles. The molecule has 3 aromatic rings. The van der Waals surface area contributed by atoms with E-state index in [1.54, 1.807) is 24.3 Å². The molecule has 0 radical (unpaired) electrons. The largest absolute Gasteiger partial charge is 0.381 e. The normalized spacial score (nSPS) is 16.8. The fourth-order valence-electron chi connectivity index (χ4n) is 7.20. The van der Waals surface area contributed by atoms with Crippen LogP contribution < -0.4 is 5.73 Å². The molecule has 2 aliphatic rings. The number of benzene rings is 3. The number of imide groups is 1. The third-order valence-electron chi connectivity index (χ3n) is 9.62. The molecule has 2 N–H and O–H groups in total. The Morgan fingerprint density at radius 2 is 1.33 bits per heavy atom. The summed E-state index contributed by atoms with van der Waals surface area (Å²) in [6, 6.07) is 27.1. The maximum atomic E-state index is 13.3. The fourth-order valence-corrected chi connectivity index (χ4v) is 7.20. The third kappa shape index (κ3) is 7.57. The summed E-state index contributed by atoms with van der Waals surface area (Å²) in [5.74, 6) is -0.522. The molecule has 1 saturated heterocycles. The summed E-state index contributed by atoms with van der Waals surface area (Å²) >= 11 is 0. The Hall–Kier alpha value is -3.85. The van der Waals surface area contributed by atoms with Crippen LogP contribution in [-0.2, 0) is 14.9 Å². The van der Waals surface area contributed by atoms with E-state index in [-0.39, 0.29) is 23.6 Å². The number of nitrogens with zero attached hydrogens (tertiary/aromatic N) is 3. The van der Waals surface area contributed by atoms with Gasteiger partial charge >= 0.3 is 0 Å². The zero-order valence-electron chi connectivity index (χ0n) is 27.1. The van der Waals surface area contributed by atoms with Gasteiger partial charge in [0.2, 0.25) is 5.91 Å². The van der Waals surface area contributed by atoms with Crippen LogP contribution in [0.5, 0.6) is 0 Å². The molecule has 5 rings (SSSR count). The van der Waals surface area contributed by atoms with E-state index in [2.05, 4.69) is 16.8 Å². The first-order valence-electron chi connectivity index (χ1n) is 16.8. The zero-order chi connectivity index (χ0) is 32.4. The second-order valence-electron chi connectivity index (χ2n) is 12.7. The summed E-state index contributed by atoms with van der Waals surface area (Å²) in [5, 5.41) is 0. The summed E-state index contributed by atoms with van der Waals surface area (Å²) in [6.07, 6.45) is 5.81. The molecule has 1 atom stereocenters. The van der Waals surface area contributed by atoms with E-state index in [4.69, 9.17) is 10.5 Å². The lowest BCUT2D eigenvalue weighted by Crippen LogP contribution is -2.49. The topological polar surface area (TPSA) is 96.2 Å². The number of primary amides is 1. The van der Waals surface area contributed by atoms with E-state index >= 15 is 0 Å². The quantitative estimate of drug-likeness (QED) is 0.159. The van der Waals surface area contributed by atoms with Gasteiger partial charge in [0.15, 0.2) is 0 Å². The fraction of sp³-hybridized carbons (Fsp3) is 0.447.